The van der Waals surface area contributed by atoms with E-state index in [1.54, 1.807) is 11.0 Å². The number of carbonyl (C=O) groups is 1. The van der Waals surface area contributed by atoms with Crippen LogP contribution in [0.15, 0.2) is 30.6 Å². The van der Waals surface area contributed by atoms with Crippen molar-refractivity contribution in [3.63, 3.8) is 0 Å². The Hall–Kier alpha value is -2.05. The van der Waals surface area contributed by atoms with E-state index in [1.807, 2.05) is 37.1 Å². The van der Waals surface area contributed by atoms with Crippen LogP contribution < -0.4 is 10.2 Å². The molecule has 1 fully saturated rings. The van der Waals surface area contributed by atoms with Crippen LogP contribution in [0.1, 0.15) is 18.5 Å². The second-order valence-electron chi connectivity index (χ2n) is 6.03. The van der Waals surface area contributed by atoms with Crippen LogP contribution in [0.5, 0.6) is 0 Å². The summed E-state index contributed by atoms with van der Waals surface area (Å²) in [5.74, 6) is 1.49. The van der Waals surface area contributed by atoms with E-state index in [4.69, 9.17) is 23.2 Å². The Kier molecular flexibility index (Phi) is 5.30. The molecule has 0 spiro atoms. The van der Waals surface area contributed by atoms with Gasteiger partial charge in [0.25, 0.3) is 0 Å². The summed E-state index contributed by atoms with van der Waals surface area (Å²) in [5.41, 5.74) is 0.931. The maximum Gasteiger partial charge on any atom is 0.241 e. The van der Waals surface area contributed by atoms with E-state index < -0.39 is 0 Å². The van der Waals surface area contributed by atoms with Crippen molar-refractivity contribution in [1.82, 2.24) is 14.9 Å². The number of nitrogens with one attached hydrogen (secondary N) is 1. The molecule has 1 atom stereocenters. The molecule has 0 bridgehead atoms. The summed E-state index contributed by atoms with van der Waals surface area (Å²) < 4.78 is 0. The molecule has 1 aliphatic heterocycles. The van der Waals surface area contributed by atoms with Gasteiger partial charge in [-0.25, -0.2) is 9.97 Å². The smallest absolute Gasteiger partial charge is 0.241 e. The predicted octanol–water partition coefficient (Wildman–Crippen LogP) is 3.23. The summed E-state index contributed by atoms with van der Waals surface area (Å²) in [4.78, 5) is 24.1. The van der Waals surface area contributed by atoms with Crippen LogP contribution in [0.25, 0.3) is 0 Å². The number of hydrogen-bond acceptors (Lipinski definition) is 5. The number of amides is 1. The van der Waals surface area contributed by atoms with Crippen LogP contribution in [-0.4, -0.2) is 47.5 Å². The third kappa shape index (κ3) is 4.14. The van der Waals surface area contributed by atoms with Crippen molar-refractivity contribution in [3.05, 3.63) is 46.2 Å². The fourth-order valence-electron chi connectivity index (χ4n) is 2.71. The number of rotatable bonds is 4. The number of halogens is 2. The zero-order valence-corrected chi connectivity index (χ0v) is 15.6. The van der Waals surface area contributed by atoms with Crippen LogP contribution >= 0.6 is 23.2 Å². The summed E-state index contributed by atoms with van der Waals surface area (Å²) in [6, 6.07) is 7.21. The first-order valence-corrected chi connectivity index (χ1v) is 8.72. The normalized spacial score (nSPS) is 16.1. The summed E-state index contributed by atoms with van der Waals surface area (Å²) in [5, 5.41) is 4.52. The third-order valence-corrected chi connectivity index (χ3v) is 4.79. The first kappa shape index (κ1) is 17.8. The molecular formula is C17H19Cl2N5O. The molecular weight excluding hydrogens is 361 g/mol. The lowest BCUT2D eigenvalue weighted by atomic mass is 10.1. The van der Waals surface area contributed by atoms with Gasteiger partial charge in [-0.2, -0.15) is 0 Å². The molecule has 1 aromatic heterocycles. The van der Waals surface area contributed by atoms with Crippen molar-refractivity contribution in [3.8, 4) is 0 Å². The summed E-state index contributed by atoms with van der Waals surface area (Å²) in [7, 11) is 1.81. The quantitative estimate of drug-likeness (QED) is 0.883. The fourth-order valence-corrected chi connectivity index (χ4v) is 3.28. The Bertz CT molecular complexity index is 785. The lowest BCUT2D eigenvalue weighted by Gasteiger charge is -2.32. The van der Waals surface area contributed by atoms with Gasteiger partial charge >= 0.3 is 0 Å². The van der Waals surface area contributed by atoms with Gasteiger partial charge in [-0.05, 0) is 24.6 Å². The van der Waals surface area contributed by atoms with E-state index in [0.717, 1.165) is 17.9 Å². The summed E-state index contributed by atoms with van der Waals surface area (Å²) in [6.07, 6.45) is 1.50. The zero-order valence-electron chi connectivity index (χ0n) is 14.0. The van der Waals surface area contributed by atoms with Crippen LogP contribution in [0, 0.1) is 0 Å². The molecule has 1 amide bonds. The Morgan fingerprint density at radius 2 is 2.00 bits per heavy atom. The van der Waals surface area contributed by atoms with E-state index in [9.17, 15) is 4.79 Å². The van der Waals surface area contributed by atoms with E-state index in [2.05, 4.69) is 15.3 Å². The van der Waals surface area contributed by atoms with Gasteiger partial charge in [-0.3, -0.25) is 4.79 Å². The molecule has 3 rings (SSSR count). The van der Waals surface area contributed by atoms with Gasteiger partial charge in [-0.15, -0.1) is 0 Å². The Balaban J connectivity index is 1.74. The van der Waals surface area contributed by atoms with Crippen LogP contribution in [-0.2, 0) is 4.79 Å². The largest absolute Gasteiger partial charge is 0.363 e. The van der Waals surface area contributed by atoms with E-state index >= 15 is 0 Å². The first-order chi connectivity index (χ1) is 11.9. The predicted molar refractivity (Wildman–Crippen MR) is 100 cm³/mol. The molecule has 0 radical (unpaired) electrons. The summed E-state index contributed by atoms with van der Waals surface area (Å²) >= 11 is 12.2. The Labute approximate surface area is 156 Å². The van der Waals surface area contributed by atoms with Crippen molar-refractivity contribution in [1.29, 1.82) is 0 Å². The van der Waals surface area contributed by atoms with E-state index in [1.165, 1.54) is 6.33 Å². The van der Waals surface area contributed by atoms with Crippen molar-refractivity contribution in [2.75, 3.05) is 36.9 Å². The molecule has 2 aromatic rings. The van der Waals surface area contributed by atoms with Gasteiger partial charge in [-0.1, -0.05) is 29.3 Å². The highest BCUT2D eigenvalue weighted by Crippen LogP contribution is 2.28. The molecule has 1 aliphatic rings. The Morgan fingerprint density at radius 3 is 2.72 bits per heavy atom. The van der Waals surface area contributed by atoms with E-state index in [0.29, 0.717) is 29.0 Å². The SMILES string of the molecule is C[C@H](Nc1cc(N2CCN(C)C(=O)C2)ncn1)c1ccc(Cl)cc1Cl. The maximum atomic E-state index is 11.9. The molecule has 2 heterocycles. The lowest BCUT2D eigenvalue weighted by Crippen LogP contribution is -2.48. The molecule has 0 saturated carbocycles. The second kappa shape index (κ2) is 7.45. The molecule has 1 aromatic carbocycles. The van der Waals surface area contributed by atoms with Crippen LogP contribution in [0.2, 0.25) is 10.0 Å². The number of piperazine rings is 1. The molecule has 6 nitrogen and oxygen atoms in total. The average molecular weight is 380 g/mol. The second-order valence-corrected chi connectivity index (χ2v) is 6.87. The number of nitrogens with zero attached hydrogens (tertiary/aromatic N) is 4. The number of hydrogen-bond donors (Lipinski definition) is 1. The van der Waals surface area contributed by atoms with Crippen LogP contribution in [0.3, 0.4) is 0 Å². The minimum Gasteiger partial charge on any atom is -0.363 e. The van der Waals surface area contributed by atoms with Gasteiger partial charge in [0.2, 0.25) is 5.91 Å². The molecule has 25 heavy (non-hydrogen) atoms. The molecule has 1 N–H and O–H groups in total. The van der Waals surface area contributed by atoms with Crippen molar-refractivity contribution >= 4 is 40.7 Å². The number of benzene rings is 1. The lowest BCUT2D eigenvalue weighted by molar-refractivity contribution is -0.129. The first-order valence-electron chi connectivity index (χ1n) is 7.96. The van der Waals surface area contributed by atoms with Gasteiger partial charge in [0.1, 0.15) is 18.0 Å². The maximum absolute atomic E-state index is 11.9. The third-order valence-electron chi connectivity index (χ3n) is 4.23. The number of likely N-dealkylation sites (N-methyl/N-ethyl adjacent to an activating group) is 1. The topological polar surface area (TPSA) is 61.4 Å². The van der Waals surface area contributed by atoms with Gasteiger partial charge in [0.05, 0.1) is 12.6 Å². The molecule has 1 saturated heterocycles. The zero-order chi connectivity index (χ0) is 18.0. The molecule has 0 unspecified atom stereocenters. The highest BCUT2D eigenvalue weighted by molar-refractivity contribution is 6.35. The minimum absolute atomic E-state index is 0.0540. The highest BCUT2D eigenvalue weighted by Gasteiger charge is 2.22. The molecule has 8 heteroatoms. The molecule has 132 valence electrons. The van der Waals surface area contributed by atoms with Gasteiger partial charge in [0.15, 0.2) is 0 Å². The van der Waals surface area contributed by atoms with Gasteiger partial charge in [0, 0.05) is 36.2 Å². The monoisotopic (exact) mass is 379 g/mol. The number of aromatic nitrogens is 2. The number of carbonyl (C=O) groups excluding carboxylic acids is 1. The minimum atomic E-state index is -0.0540. The van der Waals surface area contributed by atoms with Crippen molar-refractivity contribution < 1.29 is 4.79 Å². The number of anilines is 2. The summed E-state index contributed by atoms with van der Waals surface area (Å²) in [6.45, 7) is 3.75. The average Bonchev–Trinajstić information content (AvgIpc) is 2.57. The highest BCUT2D eigenvalue weighted by atomic mass is 35.5. The van der Waals surface area contributed by atoms with Crippen molar-refractivity contribution in [2.24, 2.45) is 0 Å². The van der Waals surface area contributed by atoms with E-state index in [-0.39, 0.29) is 11.9 Å². The van der Waals surface area contributed by atoms with Gasteiger partial charge < -0.3 is 15.1 Å². The molecule has 0 aliphatic carbocycles. The standard InChI is InChI=1S/C17H19Cl2N5O/c1-11(13-4-3-12(18)7-14(13)19)22-15-8-16(21-10-20-15)24-6-5-23(2)17(25)9-24/h3-4,7-8,10-11H,5-6,9H2,1-2H3,(H,20,21,22)/t11-/m0/s1. The Morgan fingerprint density at radius 1 is 1.20 bits per heavy atom. The fraction of sp³-hybridized carbons (Fsp3) is 0.353. The van der Waals surface area contributed by atoms with Crippen LogP contribution in [0.4, 0.5) is 11.6 Å². The van der Waals surface area contributed by atoms with Crippen molar-refractivity contribution in [2.45, 2.75) is 13.0 Å².